The Kier molecular flexibility index (Phi) is 39.9. The van der Waals surface area contributed by atoms with Crippen LogP contribution in [0.1, 0.15) is 163 Å². The topological polar surface area (TPSA) is 389 Å². The lowest BCUT2D eigenvalue weighted by Crippen LogP contribution is -2.63. The maximum atomic E-state index is 14.8. The van der Waals surface area contributed by atoms with Gasteiger partial charge in [0.1, 0.15) is 60.4 Å². The first kappa shape index (κ1) is 93.2. The van der Waals surface area contributed by atoms with Gasteiger partial charge in [-0.1, -0.05) is 120 Å². The molecule has 0 aliphatic heterocycles. The fourth-order valence-electron chi connectivity index (χ4n) is 11.9. The molecular formula is C73H125N13O16S. The summed E-state index contributed by atoms with van der Waals surface area (Å²) in [6, 6.07) is -5.73. The van der Waals surface area contributed by atoms with Crippen molar-refractivity contribution in [1.82, 2.24) is 61.3 Å². The molecule has 103 heavy (non-hydrogen) atoms. The molecule has 0 aliphatic carbocycles. The highest BCUT2D eigenvalue weighted by Gasteiger charge is 2.45. The Balaban J connectivity index is 3.50. The number of hydrogen-bond donors (Lipinski definition) is 11. The second kappa shape index (κ2) is 44.1. The second-order valence-electron chi connectivity index (χ2n) is 29.9. The molecule has 1 rings (SSSR count). The average Bonchev–Trinajstić information content (AvgIpc) is 0.805. The van der Waals surface area contributed by atoms with Crippen LogP contribution in [0, 0.1) is 41.4 Å². The maximum Gasteiger partial charge on any atom is 0.328 e. The zero-order chi connectivity index (χ0) is 79.5. The lowest BCUT2D eigenvalue weighted by molar-refractivity contribution is -0.155. The van der Waals surface area contributed by atoms with Gasteiger partial charge in [-0.25, -0.2) is 4.79 Å². The van der Waals surface area contributed by atoms with Gasteiger partial charge in [-0.15, -0.1) is 0 Å². The molecule has 0 saturated heterocycles. The van der Waals surface area contributed by atoms with Gasteiger partial charge in [0, 0.05) is 48.0 Å². The number of carboxylic acid groups (broad SMARTS) is 1. The van der Waals surface area contributed by atoms with Crippen molar-refractivity contribution in [3.63, 3.8) is 0 Å². The smallest absolute Gasteiger partial charge is 0.328 e. The number of aliphatic hydroxyl groups excluding tert-OH is 3. The number of nitrogens with one attached hydrogen (secondary N) is 7. The molecular weight excluding hydrogens is 1350 g/mol. The number of benzene rings is 1. The molecule has 0 heterocycles. The van der Waals surface area contributed by atoms with Gasteiger partial charge >= 0.3 is 5.97 Å². The van der Waals surface area contributed by atoms with Gasteiger partial charge in [0.25, 0.3) is 0 Å². The Hall–Kier alpha value is -7.83. The number of anilines is 1. The van der Waals surface area contributed by atoms with Crippen LogP contribution in [-0.2, 0) is 57.5 Å². The molecule has 0 radical (unpaired) electrons. The van der Waals surface area contributed by atoms with Gasteiger partial charge in [-0.3, -0.25) is 52.7 Å². The molecule has 1 aromatic carbocycles. The number of para-hydroxylation sites is 1. The average molecular weight is 1470 g/mol. The van der Waals surface area contributed by atoms with Crippen LogP contribution in [0.25, 0.3) is 0 Å². The highest BCUT2D eigenvalue weighted by Crippen LogP contribution is 2.24. The van der Waals surface area contributed by atoms with Crippen molar-refractivity contribution in [3.05, 3.63) is 42.5 Å². The maximum absolute atomic E-state index is 14.8. The van der Waals surface area contributed by atoms with Gasteiger partial charge in [-0.2, -0.15) is 0 Å². The van der Waals surface area contributed by atoms with Gasteiger partial charge in [0.2, 0.25) is 65.0 Å². The van der Waals surface area contributed by atoms with Crippen LogP contribution < -0.4 is 37.2 Å². The summed E-state index contributed by atoms with van der Waals surface area (Å²) in [7, 11) is 8.20. The molecule has 29 nitrogen and oxygen atoms in total. The van der Waals surface area contributed by atoms with Crippen molar-refractivity contribution in [2.45, 2.75) is 248 Å². The lowest BCUT2D eigenvalue weighted by Gasteiger charge is -2.40. The number of amides is 11. The molecule has 584 valence electrons. The van der Waals surface area contributed by atoms with E-state index >= 15 is 0 Å². The van der Waals surface area contributed by atoms with Crippen LogP contribution in [0.3, 0.4) is 0 Å². The molecule has 0 bridgehead atoms. The van der Waals surface area contributed by atoms with Crippen molar-refractivity contribution in [1.29, 1.82) is 0 Å². The fraction of sp³-hybridized carbons (Fsp3) is 0.712. The summed E-state index contributed by atoms with van der Waals surface area (Å²) in [4.78, 5) is 177. The van der Waals surface area contributed by atoms with Crippen LogP contribution in [0.4, 0.5) is 5.69 Å². The number of thiocarbonyl (C=S) groups is 1. The second-order valence-corrected chi connectivity index (χ2v) is 30.3. The number of likely N-dealkylation sites (N-methyl/N-ethyl adjacent to an activating group) is 6. The molecule has 0 fully saturated rings. The molecule has 0 aromatic heterocycles. The predicted molar refractivity (Wildman–Crippen MR) is 399 cm³/mol. The third kappa shape index (κ3) is 29.7. The third-order valence-corrected chi connectivity index (χ3v) is 18.0. The number of nitrogens with zero attached hydrogens (tertiary/aromatic N) is 6. The first-order valence-electron chi connectivity index (χ1n) is 35.7. The number of aliphatic hydroxyl groups is 3. The summed E-state index contributed by atoms with van der Waals surface area (Å²) in [5.41, 5.74) is 0.640. The molecule has 15 atom stereocenters. The van der Waals surface area contributed by atoms with E-state index in [0.717, 1.165) is 26.5 Å². The van der Waals surface area contributed by atoms with E-state index in [-0.39, 0.29) is 73.2 Å². The summed E-state index contributed by atoms with van der Waals surface area (Å²) in [6.45, 7) is 29.9. The van der Waals surface area contributed by atoms with Crippen molar-refractivity contribution in [2.24, 2.45) is 41.4 Å². The van der Waals surface area contributed by atoms with E-state index < -0.39 is 174 Å². The number of carbonyl (C=O) groups is 12. The number of rotatable bonds is 42. The summed E-state index contributed by atoms with van der Waals surface area (Å²) >= 11 is 5.41. The number of aliphatic carboxylic acids is 1. The first-order chi connectivity index (χ1) is 47.6. The number of allylic oxidation sites excluding steroid dienone is 2. The monoisotopic (exact) mass is 1470 g/mol. The Morgan fingerprint density at radius 3 is 1.27 bits per heavy atom. The highest BCUT2D eigenvalue weighted by molar-refractivity contribution is 7.80. The minimum Gasteiger partial charge on any atom is -0.480 e. The molecule has 0 spiro atoms. The minimum atomic E-state index is -1.79. The SMILES string of the molecule is CC=CC[C@@H](C)[C@@H](O)[C@@H](C(=O)N[C@H](C(=O)O)[C@@H](C)O)N(C)C(=O)[C@H](C(C)C)N(C)C(=O)[C@H](CC(C)C)NC(=O)[C@H](CC(C)C)N(C)C(=O)[C@@H](C)NC(=O)[C@H](C)NC(=O)[C@H](CC(C)C)N(C)C(=O)[C@H](CC(C)C)NC(=O)[C@H](CC(C)C)N(C)C(=O)CN(C)C(=O)[C@@H](NC(=S)Nc1ccccc1)[C@@H](C)O. The van der Waals surface area contributed by atoms with E-state index in [2.05, 4.69) is 37.2 Å². The van der Waals surface area contributed by atoms with Crippen LogP contribution in [0.2, 0.25) is 0 Å². The normalized spacial score (nSPS) is 16.0. The van der Waals surface area contributed by atoms with Crippen LogP contribution in [-0.4, -0.2) is 259 Å². The molecule has 30 heteroatoms. The van der Waals surface area contributed by atoms with Gasteiger partial charge in [-0.05, 0) is 139 Å². The highest BCUT2D eigenvalue weighted by atomic mass is 32.1. The number of carboxylic acids is 1. The Labute approximate surface area is 616 Å². The predicted octanol–water partition coefficient (Wildman–Crippen LogP) is 3.09. The van der Waals surface area contributed by atoms with E-state index in [4.69, 9.17) is 12.2 Å². The zero-order valence-corrected chi connectivity index (χ0v) is 66.2. The van der Waals surface area contributed by atoms with E-state index in [1.165, 1.54) is 72.9 Å². The van der Waals surface area contributed by atoms with Crippen molar-refractivity contribution in [3.8, 4) is 0 Å². The quantitative estimate of drug-likeness (QED) is 0.0331. The molecule has 0 saturated carbocycles. The van der Waals surface area contributed by atoms with E-state index in [1.807, 2.05) is 75.3 Å². The molecule has 1 aromatic rings. The van der Waals surface area contributed by atoms with Crippen LogP contribution in [0.5, 0.6) is 0 Å². The van der Waals surface area contributed by atoms with Crippen LogP contribution in [0.15, 0.2) is 42.5 Å². The summed E-state index contributed by atoms with van der Waals surface area (Å²) in [5, 5.41) is 61.4. The largest absolute Gasteiger partial charge is 0.480 e. The van der Waals surface area contributed by atoms with E-state index in [9.17, 15) is 78.0 Å². The number of carbonyl (C=O) groups excluding carboxylic acids is 11. The molecule has 0 unspecified atom stereocenters. The van der Waals surface area contributed by atoms with Gasteiger partial charge in [0.15, 0.2) is 11.2 Å². The first-order valence-corrected chi connectivity index (χ1v) is 36.2. The fourth-order valence-corrected chi connectivity index (χ4v) is 12.1. The standard InChI is InChI=1S/C73H125N13O16S/c1-25-26-30-45(14)61(90)60(66(95)79-58(49(18)88)72(101)102)86(24)71(100)59(44(12)13)85(23)69(98)52(34-40(4)5)78-65(94)55(37-43(10)11)83(21)67(96)47(16)75-62(91)46(15)74-63(92)54(36-42(8)9)84(22)68(97)51(33-39(2)3)77-64(93)53(35-41(6)7)82(20)56(89)38-81(19)70(99)57(48(17)87)80-73(103)76-50-31-28-27-29-32-50/h25-29,31-32,39-49,51-55,57-61,87-88,90H,30,33-38H2,1-24H3,(H,74,92)(H,75,91)(H,77,93)(H,78,94)(H,79,95)(H,101,102)(H2,76,80,103)/t45-,46+,47-,48-,49-,51+,52+,53+,54+,55+,57+,58+,59+,60+,61-/m1/s1. The van der Waals surface area contributed by atoms with Crippen molar-refractivity contribution in [2.75, 3.05) is 54.1 Å². The van der Waals surface area contributed by atoms with Crippen LogP contribution >= 0.6 is 12.2 Å². The lowest BCUT2D eigenvalue weighted by atomic mass is 9.91. The molecule has 11 amide bonds. The van der Waals surface area contributed by atoms with Gasteiger partial charge in [0.05, 0.1) is 24.9 Å². The summed E-state index contributed by atoms with van der Waals surface area (Å²) in [6.07, 6.45) is -0.0471. The molecule has 0 aliphatic rings. The van der Waals surface area contributed by atoms with E-state index in [1.54, 1.807) is 64.1 Å². The zero-order valence-electron chi connectivity index (χ0n) is 65.4. The number of hydrogen-bond acceptors (Lipinski definition) is 16. The Morgan fingerprint density at radius 2 is 0.854 bits per heavy atom. The summed E-state index contributed by atoms with van der Waals surface area (Å²) < 4.78 is 0. The Bertz CT molecular complexity index is 3020. The van der Waals surface area contributed by atoms with Crippen molar-refractivity contribution < 1.29 is 78.0 Å². The minimum absolute atomic E-state index is 0.0584. The Morgan fingerprint density at radius 1 is 0.447 bits per heavy atom. The van der Waals surface area contributed by atoms with E-state index in [0.29, 0.717) is 5.69 Å². The molecule has 11 N–H and O–H groups in total. The van der Waals surface area contributed by atoms with Crippen molar-refractivity contribution >= 4 is 94.0 Å². The summed E-state index contributed by atoms with van der Waals surface area (Å²) in [5.74, 6) is -11.8. The third-order valence-electron chi connectivity index (χ3n) is 17.8. The van der Waals surface area contributed by atoms with Gasteiger partial charge < -0.3 is 87.0 Å².